The number of ether oxygens (including phenoxy) is 1. The Bertz CT molecular complexity index is 1020. The minimum atomic E-state index is -4.79. The zero-order chi connectivity index (χ0) is 21.1. The number of benzene rings is 1. The molecule has 1 aliphatic rings. The fraction of sp³-hybridized carbons (Fsp3) is 0.316. The van der Waals surface area contributed by atoms with Gasteiger partial charge in [-0.1, -0.05) is 36.0 Å². The second-order valence-corrected chi connectivity index (χ2v) is 8.50. The number of carbonyl (C=O) groups is 1. The second kappa shape index (κ2) is 8.68. The molecule has 0 bridgehead atoms. The van der Waals surface area contributed by atoms with Gasteiger partial charge in [-0.05, 0) is 30.4 Å². The molecule has 0 unspecified atom stereocenters. The highest BCUT2D eigenvalue weighted by atomic mass is 32.2. The minimum Gasteiger partial charge on any atom is -0.405 e. The van der Waals surface area contributed by atoms with Crippen LogP contribution in [0.5, 0.6) is 5.75 Å². The van der Waals surface area contributed by atoms with Gasteiger partial charge in [-0.3, -0.25) is 9.36 Å². The highest BCUT2D eigenvalue weighted by Crippen LogP contribution is 2.41. The number of aromatic nitrogens is 3. The predicted octanol–water partition coefficient (Wildman–Crippen LogP) is 4.65. The zero-order valence-electron chi connectivity index (χ0n) is 15.6. The third-order valence-electron chi connectivity index (χ3n) is 4.32. The highest BCUT2D eigenvalue weighted by Gasteiger charge is 2.32. The lowest BCUT2D eigenvalue weighted by molar-refractivity contribution is -0.274. The van der Waals surface area contributed by atoms with Crippen LogP contribution in [0, 0.1) is 0 Å². The van der Waals surface area contributed by atoms with E-state index in [4.69, 9.17) is 0 Å². The van der Waals surface area contributed by atoms with Crippen molar-refractivity contribution in [1.82, 2.24) is 20.1 Å². The average molecular weight is 454 g/mol. The maximum atomic E-state index is 12.5. The molecule has 1 aromatic carbocycles. The largest absolute Gasteiger partial charge is 0.573 e. The Morgan fingerprint density at radius 2 is 2.03 bits per heavy atom. The number of thioether (sulfide) groups is 1. The monoisotopic (exact) mass is 454 g/mol. The number of nitrogens with one attached hydrogen (secondary N) is 1. The van der Waals surface area contributed by atoms with E-state index in [0.29, 0.717) is 11.2 Å². The van der Waals surface area contributed by atoms with E-state index in [1.165, 1.54) is 30.0 Å². The molecule has 1 aliphatic carbocycles. The standard InChI is InChI=1S/C19H17F3N4O2S2/c20-19(21,22)28-14-5-2-1-4-12(14)10-23-16(27)11-30-18-25-24-17(15-6-3-9-29-15)26(18)13-7-8-13/h1-6,9,13H,7-8,10-11H2,(H,23,27). The van der Waals surface area contributed by atoms with Gasteiger partial charge in [0.1, 0.15) is 5.75 Å². The molecular formula is C19H17F3N4O2S2. The third kappa shape index (κ3) is 5.14. The van der Waals surface area contributed by atoms with Crippen LogP contribution in [0.4, 0.5) is 13.2 Å². The van der Waals surface area contributed by atoms with Crippen molar-refractivity contribution in [3.05, 3.63) is 47.3 Å². The van der Waals surface area contributed by atoms with E-state index in [-0.39, 0.29) is 29.5 Å². The molecule has 11 heteroatoms. The van der Waals surface area contributed by atoms with E-state index >= 15 is 0 Å². The van der Waals surface area contributed by atoms with Crippen LogP contribution in [0.25, 0.3) is 10.7 Å². The van der Waals surface area contributed by atoms with Crippen molar-refractivity contribution in [1.29, 1.82) is 0 Å². The lowest BCUT2D eigenvalue weighted by Gasteiger charge is -2.13. The van der Waals surface area contributed by atoms with Gasteiger partial charge in [0.05, 0.1) is 10.6 Å². The van der Waals surface area contributed by atoms with Crippen molar-refractivity contribution < 1.29 is 22.7 Å². The number of hydrogen-bond donors (Lipinski definition) is 1. The zero-order valence-corrected chi connectivity index (χ0v) is 17.2. The number of nitrogens with zero attached hydrogens (tertiary/aromatic N) is 3. The Kier molecular flexibility index (Phi) is 6.00. The average Bonchev–Trinajstić information content (AvgIpc) is 3.22. The van der Waals surface area contributed by atoms with Crippen LogP contribution in [0.15, 0.2) is 46.9 Å². The SMILES string of the molecule is O=C(CSc1nnc(-c2cccs2)n1C1CC1)NCc1ccccc1OC(F)(F)F. The summed E-state index contributed by atoms with van der Waals surface area (Å²) < 4.78 is 43.6. The molecule has 158 valence electrons. The fourth-order valence-electron chi connectivity index (χ4n) is 2.86. The molecule has 1 N–H and O–H groups in total. The summed E-state index contributed by atoms with van der Waals surface area (Å²) >= 11 is 2.84. The van der Waals surface area contributed by atoms with E-state index < -0.39 is 6.36 Å². The minimum absolute atomic E-state index is 0.0680. The van der Waals surface area contributed by atoms with Gasteiger partial charge < -0.3 is 10.1 Å². The number of alkyl halides is 3. The summed E-state index contributed by atoms with van der Waals surface area (Å²) in [6.07, 6.45) is -2.69. The Balaban J connectivity index is 1.37. The summed E-state index contributed by atoms with van der Waals surface area (Å²) in [5.74, 6) is 0.239. The molecule has 0 radical (unpaired) electrons. The first kappa shape index (κ1) is 20.7. The van der Waals surface area contributed by atoms with Crippen molar-refractivity contribution in [2.24, 2.45) is 0 Å². The van der Waals surface area contributed by atoms with Gasteiger partial charge in [0.2, 0.25) is 5.91 Å². The van der Waals surface area contributed by atoms with Gasteiger partial charge in [-0.2, -0.15) is 0 Å². The van der Waals surface area contributed by atoms with Gasteiger partial charge in [0.25, 0.3) is 0 Å². The van der Waals surface area contributed by atoms with E-state index in [0.717, 1.165) is 23.5 Å². The van der Waals surface area contributed by atoms with Crippen LogP contribution in [-0.4, -0.2) is 32.8 Å². The quantitative estimate of drug-likeness (QED) is 0.502. The van der Waals surface area contributed by atoms with Crippen molar-refractivity contribution in [2.45, 2.75) is 36.9 Å². The van der Waals surface area contributed by atoms with Crippen molar-refractivity contribution in [3.63, 3.8) is 0 Å². The lowest BCUT2D eigenvalue weighted by atomic mass is 10.2. The smallest absolute Gasteiger partial charge is 0.405 e. The number of para-hydroxylation sites is 1. The Morgan fingerprint density at radius 3 is 2.73 bits per heavy atom. The molecule has 2 aromatic heterocycles. The predicted molar refractivity (Wildman–Crippen MR) is 107 cm³/mol. The third-order valence-corrected chi connectivity index (χ3v) is 6.13. The molecule has 4 rings (SSSR count). The van der Waals surface area contributed by atoms with E-state index in [1.54, 1.807) is 17.4 Å². The Morgan fingerprint density at radius 1 is 1.23 bits per heavy atom. The maximum absolute atomic E-state index is 12.5. The summed E-state index contributed by atoms with van der Waals surface area (Å²) in [6, 6.07) is 10.00. The summed E-state index contributed by atoms with van der Waals surface area (Å²) in [5.41, 5.74) is 0.245. The Labute approximate surface area is 178 Å². The van der Waals surface area contributed by atoms with E-state index in [9.17, 15) is 18.0 Å². The number of rotatable bonds is 8. The maximum Gasteiger partial charge on any atom is 0.573 e. The molecule has 0 aliphatic heterocycles. The lowest BCUT2D eigenvalue weighted by Crippen LogP contribution is -2.26. The molecule has 30 heavy (non-hydrogen) atoms. The van der Waals surface area contributed by atoms with E-state index in [1.807, 2.05) is 17.5 Å². The van der Waals surface area contributed by atoms with Gasteiger partial charge >= 0.3 is 6.36 Å². The summed E-state index contributed by atoms with van der Waals surface area (Å²) in [7, 11) is 0. The van der Waals surface area contributed by atoms with Gasteiger partial charge in [-0.15, -0.1) is 34.7 Å². The fourth-order valence-corrected chi connectivity index (χ4v) is 4.40. The molecule has 0 spiro atoms. The van der Waals surface area contributed by atoms with Crippen LogP contribution >= 0.6 is 23.1 Å². The summed E-state index contributed by atoms with van der Waals surface area (Å²) in [5, 5.41) is 13.8. The first-order valence-corrected chi connectivity index (χ1v) is 11.0. The van der Waals surface area contributed by atoms with Crippen LogP contribution in [0.1, 0.15) is 24.4 Å². The second-order valence-electron chi connectivity index (χ2n) is 6.61. The molecule has 1 fully saturated rings. The number of thiophene rings is 1. The van der Waals surface area contributed by atoms with Crippen molar-refractivity contribution in [3.8, 4) is 16.5 Å². The normalized spacial score (nSPS) is 14.0. The highest BCUT2D eigenvalue weighted by molar-refractivity contribution is 7.99. The molecular weight excluding hydrogens is 437 g/mol. The van der Waals surface area contributed by atoms with Crippen molar-refractivity contribution >= 4 is 29.0 Å². The van der Waals surface area contributed by atoms with Crippen molar-refractivity contribution in [2.75, 3.05) is 5.75 Å². The van der Waals surface area contributed by atoms with E-state index in [2.05, 4.69) is 24.8 Å². The van der Waals surface area contributed by atoms with Crippen LogP contribution in [0.2, 0.25) is 0 Å². The van der Waals surface area contributed by atoms with Gasteiger partial charge in [0.15, 0.2) is 11.0 Å². The molecule has 6 nitrogen and oxygen atoms in total. The summed E-state index contributed by atoms with van der Waals surface area (Å²) in [4.78, 5) is 13.3. The number of carbonyl (C=O) groups excluding carboxylic acids is 1. The number of amides is 1. The van der Waals surface area contributed by atoms with Gasteiger partial charge in [0, 0.05) is 18.2 Å². The number of hydrogen-bond acceptors (Lipinski definition) is 6. The molecule has 0 saturated heterocycles. The van der Waals surface area contributed by atoms with Crippen LogP contribution < -0.4 is 10.1 Å². The topological polar surface area (TPSA) is 69.0 Å². The number of halogens is 3. The molecule has 1 amide bonds. The van der Waals surface area contributed by atoms with Crippen LogP contribution in [0.3, 0.4) is 0 Å². The first-order chi connectivity index (χ1) is 14.4. The first-order valence-electron chi connectivity index (χ1n) is 9.12. The summed E-state index contributed by atoms with van der Waals surface area (Å²) in [6.45, 7) is -0.0680. The molecule has 3 aromatic rings. The Hall–Kier alpha value is -2.53. The molecule has 0 atom stereocenters. The van der Waals surface area contributed by atoms with Crippen LogP contribution in [-0.2, 0) is 11.3 Å². The van der Waals surface area contributed by atoms with Gasteiger partial charge in [-0.25, -0.2) is 0 Å². The molecule has 1 saturated carbocycles. The molecule has 2 heterocycles.